The molecule has 60 valence electrons. The van der Waals surface area contributed by atoms with E-state index in [4.69, 9.17) is 0 Å². The SMILES string of the molecule is C=CCC12C=CC=CC1(O)S2.[Ca]. The molecule has 1 aliphatic heterocycles. The van der Waals surface area contributed by atoms with Crippen LogP contribution in [0.3, 0.4) is 0 Å². The third-order valence-electron chi connectivity index (χ3n) is 2.15. The molecule has 2 atom stereocenters. The Bertz CT molecular complexity index is 261. The van der Waals surface area contributed by atoms with Crippen LogP contribution in [-0.2, 0) is 0 Å². The number of rotatable bonds is 2. The Morgan fingerprint density at radius 2 is 2.08 bits per heavy atom. The third kappa shape index (κ3) is 1.44. The maximum atomic E-state index is 9.81. The number of aliphatic hydroxyl groups is 1. The van der Waals surface area contributed by atoms with Gasteiger partial charge in [0.2, 0.25) is 0 Å². The molecule has 0 aromatic heterocycles. The molecule has 0 spiro atoms. The first-order valence-electron chi connectivity index (χ1n) is 3.63. The standard InChI is InChI=1S/C9H10OS.Ca/c1-2-5-8-6-3-4-7-9(8,10)11-8;/h2-4,6-7,10H,1,5H2;. The molecule has 0 saturated carbocycles. The number of hydrogen-bond donors (Lipinski definition) is 1. The molecular weight excluding hydrogens is 196 g/mol. The van der Waals surface area contributed by atoms with Gasteiger partial charge in [-0.25, -0.2) is 0 Å². The summed E-state index contributed by atoms with van der Waals surface area (Å²) in [5.41, 5.74) is 0. The molecule has 3 heteroatoms. The van der Waals surface area contributed by atoms with E-state index >= 15 is 0 Å². The van der Waals surface area contributed by atoms with Crippen molar-refractivity contribution in [1.29, 1.82) is 0 Å². The monoisotopic (exact) mass is 206 g/mol. The second kappa shape index (κ2) is 3.50. The van der Waals surface area contributed by atoms with E-state index in [9.17, 15) is 5.11 Å². The minimum absolute atomic E-state index is 0. The molecular formula is C9H10CaOS. The van der Waals surface area contributed by atoms with E-state index in [1.54, 1.807) is 11.8 Å². The van der Waals surface area contributed by atoms with Crippen LogP contribution in [0.4, 0.5) is 0 Å². The predicted molar refractivity (Wildman–Crippen MR) is 54.1 cm³/mol. The maximum absolute atomic E-state index is 9.81. The van der Waals surface area contributed by atoms with Crippen molar-refractivity contribution in [2.75, 3.05) is 0 Å². The first-order valence-corrected chi connectivity index (χ1v) is 4.45. The Morgan fingerprint density at radius 1 is 1.42 bits per heavy atom. The quantitative estimate of drug-likeness (QED) is 0.419. The molecule has 1 aliphatic carbocycles. The van der Waals surface area contributed by atoms with E-state index in [1.807, 2.05) is 24.3 Å². The summed E-state index contributed by atoms with van der Waals surface area (Å²) in [5.74, 6) is 0. The topological polar surface area (TPSA) is 20.2 Å². The molecule has 1 heterocycles. The van der Waals surface area contributed by atoms with Gasteiger partial charge in [-0.05, 0) is 12.5 Å². The number of thioether (sulfide) groups is 1. The molecule has 0 aromatic rings. The van der Waals surface area contributed by atoms with Gasteiger partial charge in [-0.2, -0.15) is 0 Å². The van der Waals surface area contributed by atoms with Crippen LogP contribution in [0.5, 0.6) is 0 Å². The zero-order chi connectivity index (χ0) is 7.95. The minimum Gasteiger partial charge on any atom is -0.374 e. The van der Waals surface area contributed by atoms with Crippen molar-refractivity contribution in [3.05, 3.63) is 37.0 Å². The van der Waals surface area contributed by atoms with Gasteiger partial charge in [0.1, 0.15) is 4.93 Å². The summed E-state index contributed by atoms with van der Waals surface area (Å²) in [5, 5.41) is 9.81. The van der Waals surface area contributed by atoms with Gasteiger partial charge in [-0.1, -0.05) is 24.3 Å². The van der Waals surface area contributed by atoms with Crippen molar-refractivity contribution in [3.8, 4) is 0 Å². The summed E-state index contributed by atoms with van der Waals surface area (Å²) in [6.07, 6.45) is 10.5. The van der Waals surface area contributed by atoms with Crippen LogP contribution in [0.25, 0.3) is 0 Å². The van der Waals surface area contributed by atoms with Crippen LogP contribution >= 0.6 is 11.8 Å². The second-order valence-electron chi connectivity index (χ2n) is 2.90. The largest absolute Gasteiger partial charge is 0.374 e. The van der Waals surface area contributed by atoms with E-state index < -0.39 is 4.93 Å². The molecule has 2 unspecified atom stereocenters. The zero-order valence-electron chi connectivity index (χ0n) is 6.86. The van der Waals surface area contributed by atoms with E-state index in [2.05, 4.69) is 12.7 Å². The van der Waals surface area contributed by atoms with Gasteiger partial charge in [0.05, 0.1) is 4.75 Å². The summed E-state index contributed by atoms with van der Waals surface area (Å²) in [7, 11) is 0. The molecule has 0 aromatic carbocycles. The molecule has 1 N–H and O–H groups in total. The van der Waals surface area contributed by atoms with Crippen LogP contribution in [0.1, 0.15) is 6.42 Å². The number of fused-ring (bicyclic) bond motifs is 1. The van der Waals surface area contributed by atoms with Gasteiger partial charge in [-0.15, -0.1) is 18.3 Å². The van der Waals surface area contributed by atoms with Crippen molar-refractivity contribution in [2.45, 2.75) is 16.1 Å². The van der Waals surface area contributed by atoms with Gasteiger partial charge in [0.15, 0.2) is 0 Å². The fourth-order valence-corrected chi connectivity index (χ4v) is 2.67. The Kier molecular flexibility index (Phi) is 3.17. The van der Waals surface area contributed by atoms with E-state index in [-0.39, 0.29) is 42.5 Å². The van der Waals surface area contributed by atoms with Crippen LogP contribution in [0.2, 0.25) is 0 Å². The first kappa shape index (κ1) is 10.9. The number of hydrogen-bond acceptors (Lipinski definition) is 2. The first-order chi connectivity index (χ1) is 5.22. The summed E-state index contributed by atoms with van der Waals surface area (Å²) < 4.78 is -0.0799. The second-order valence-corrected chi connectivity index (χ2v) is 4.45. The zero-order valence-corrected chi connectivity index (χ0v) is 9.89. The molecule has 1 saturated heterocycles. The van der Waals surface area contributed by atoms with Gasteiger partial charge in [0, 0.05) is 37.7 Å². The molecule has 1 nitrogen and oxygen atoms in total. The molecule has 0 amide bonds. The van der Waals surface area contributed by atoms with Crippen LogP contribution in [0.15, 0.2) is 37.0 Å². The van der Waals surface area contributed by atoms with Crippen molar-refractivity contribution in [2.24, 2.45) is 0 Å². The molecule has 12 heavy (non-hydrogen) atoms. The summed E-state index contributed by atoms with van der Waals surface area (Å²) >= 11 is 1.58. The van der Waals surface area contributed by atoms with Crippen molar-refractivity contribution in [3.63, 3.8) is 0 Å². The van der Waals surface area contributed by atoms with Gasteiger partial charge < -0.3 is 5.11 Å². The Morgan fingerprint density at radius 3 is 2.67 bits per heavy atom. The molecule has 2 aliphatic rings. The molecule has 2 rings (SSSR count). The van der Waals surface area contributed by atoms with Crippen molar-refractivity contribution < 1.29 is 5.11 Å². The predicted octanol–water partition coefficient (Wildman–Crippen LogP) is 1.48. The molecule has 0 bridgehead atoms. The average Bonchev–Trinajstić information content (AvgIpc) is 2.56. The Balaban J connectivity index is 0.000000720. The van der Waals surface area contributed by atoms with E-state index in [0.29, 0.717) is 0 Å². The smallest absolute Gasteiger partial charge is 0.149 e. The minimum atomic E-state index is -0.629. The molecule has 2 radical (unpaired) electrons. The third-order valence-corrected chi connectivity index (χ3v) is 3.73. The summed E-state index contributed by atoms with van der Waals surface area (Å²) in [6.45, 7) is 3.68. The average molecular weight is 206 g/mol. The fraction of sp³-hybridized carbons (Fsp3) is 0.333. The maximum Gasteiger partial charge on any atom is 0.149 e. The van der Waals surface area contributed by atoms with Gasteiger partial charge in [-0.3, -0.25) is 0 Å². The van der Waals surface area contributed by atoms with Crippen molar-refractivity contribution >= 4 is 49.5 Å². The van der Waals surface area contributed by atoms with Crippen LogP contribution in [-0.4, -0.2) is 52.5 Å². The normalized spacial score (nSPS) is 41.4. The summed E-state index contributed by atoms with van der Waals surface area (Å²) in [4.78, 5) is -0.629. The number of allylic oxidation sites excluding steroid dienone is 3. The molecule has 1 fully saturated rings. The Hall–Kier alpha value is 0.790. The van der Waals surface area contributed by atoms with Crippen molar-refractivity contribution in [1.82, 2.24) is 0 Å². The van der Waals surface area contributed by atoms with Crippen LogP contribution in [0, 0.1) is 0 Å². The van der Waals surface area contributed by atoms with E-state index in [0.717, 1.165) is 6.42 Å². The van der Waals surface area contributed by atoms with Gasteiger partial charge >= 0.3 is 0 Å². The summed E-state index contributed by atoms with van der Waals surface area (Å²) in [6, 6.07) is 0. The van der Waals surface area contributed by atoms with E-state index in [1.165, 1.54) is 0 Å². The Labute approximate surface area is 107 Å². The van der Waals surface area contributed by atoms with Gasteiger partial charge in [0.25, 0.3) is 0 Å². The fourth-order valence-electron chi connectivity index (χ4n) is 1.45. The van der Waals surface area contributed by atoms with Crippen LogP contribution < -0.4 is 0 Å².